The molecule has 0 saturated carbocycles. The van der Waals surface area contributed by atoms with Crippen molar-refractivity contribution in [2.24, 2.45) is 0 Å². The number of amides is 1. The summed E-state index contributed by atoms with van der Waals surface area (Å²) in [6.07, 6.45) is 0. The molecule has 0 spiro atoms. The Hall–Kier alpha value is -1.95. The Kier molecular flexibility index (Phi) is 3.80. The van der Waals surface area contributed by atoms with E-state index in [9.17, 15) is 13.6 Å². The maximum Gasteiger partial charge on any atom is 0.258 e. The summed E-state index contributed by atoms with van der Waals surface area (Å²) in [5.41, 5.74) is 4.90. The second-order valence-electron chi connectivity index (χ2n) is 3.82. The SMILES string of the molecule is Nc1cc(F)cc(C(=O)Nc2cccc(Br)c2)c1F. The summed E-state index contributed by atoms with van der Waals surface area (Å²) in [6.45, 7) is 0. The van der Waals surface area contributed by atoms with Crippen molar-refractivity contribution < 1.29 is 13.6 Å². The molecule has 2 aromatic rings. The topological polar surface area (TPSA) is 55.1 Å². The molecule has 0 atom stereocenters. The largest absolute Gasteiger partial charge is 0.396 e. The molecule has 0 fully saturated rings. The van der Waals surface area contributed by atoms with Gasteiger partial charge in [0.15, 0.2) is 5.82 Å². The van der Waals surface area contributed by atoms with Crippen molar-refractivity contribution in [1.29, 1.82) is 0 Å². The van der Waals surface area contributed by atoms with Gasteiger partial charge in [0, 0.05) is 10.2 Å². The molecular formula is C13H9BrF2N2O. The first-order chi connectivity index (χ1) is 8.97. The summed E-state index contributed by atoms with van der Waals surface area (Å²) < 4.78 is 27.5. The summed E-state index contributed by atoms with van der Waals surface area (Å²) in [4.78, 5) is 11.9. The third-order valence-corrected chi connectivity index (χ3v) is 2.89. The summed E-state index contributed by atoms with van der Waals surface area (Å²) in [6, 6.07) is 8.37. The van der Waals surface area contributed by atoms with Crippen molar-refractivity contribution >= 4 is 33.2 Å². The molecule has 0 aliphatic heterocycles. The lowest BCUT2D eigenvalue weighted by Gasteiger charge is -2.08. The molecular weight excluding hydrogens is 318 g/mol. The molecule has 19 heavy (non-hydrogen) atoms. The lowest BCUT2D eigenvalue weighted by atomic mass is 10.1. The molecule has 2 aromatic carbocycles. The fourth-order valence-electron chi connectivity index (χ4n) is 1.54. The fourth-order valence-corrected chi connectivity index (χ4v) is 1.94. The van der Waals surface area contributed by atoms with E-state index >= 15 is 0 Å². The quantitative estimate of drug-likeness (QED) is 0.829. The van der Waals surface area contributed by atoms with Crippen molar-refractivity contribution in [1.82, 2.24) is 0 Å². The number of nitrogens with two attached hydrogens (primary N) is 1. The first-order valence-electron chi connectivity index (χ1n) is 5.29. The lowest BCUT2D eigenvalue weighted by molar-refractivity contribution is 0.102. The van der Waals surface area contributed by atoms with E-state index in [1.165, 1.54) is 0 Å². The van der Waals surface area contributed by atoms with E-state index in [0.717, 1.165) is 16.6 Å². The van der Waals surface area contributed by atoms with Gasteiger partial charge in [0.05, 0.1) is 11.3 Å². The highest BCUT2D eigenvalue weighted by molar-refractivity contribution is 9.10. The Morgan fingerprint density at radius 3 is 2.63 bits per heavy atom. The Balaban J connectivity index is 2.30. The molecule has 0 unspecified atom stereocenters. The van der Waals surface area contributed by atoms with Crippen LogP contribution in [0.2, 0.25) is 0 Å². The highest BCUT2D eigenvalue weighted by atomic mass is 79.9. The fraction of sp³-hybridized carbons (Fsp3) is 0. The predicted octanol–water partition coefficient (Wildman–Crippen LogP) is 3.56. The first kappa shape index (κ1) is 13.5. The average Bonchev–Trinajstić information content (AvgIpc) is 2.33. The summed E-state index contributed by atoms with van der Waals surface area (Å²) >= 11 is 3.24. The minimum absolute atomic E-state index is 0.403. The highest BCUT2D eigenvalue weighted by Gasteiger charge is 2.16. The van der Waals surface area contributed by atoms with Gasteiger partial charge in [0.25, 0.3) is 5.91 Å². The van der Waals surface area contributed by atoms with E-state index < -0.39 is 28.8 Å². The number of rotatable bonds is 2. The molecule has 0 saturated heterocycles. The van der Waals surface area contributed by atoms with Crippen LogP contribution in [0.25, 0.3) is 0 Å². The van der Waals surface area contributed by atoms with Gasteiger partial charge in [-0.1, -0.05) is 22.0 Å². The zero-order chi connectivity index (χ0) is 14.0. The molecule has 98 valence electrons. The van der Waals surface area contributed by atoms with E-state index in [1.54, 1.807) is 24.3 Å². The van der Waals surface area contributed by atoms with Crippen LogP contribution in [0.15, 0.2) is 40.9 Å². The standard InChI is InChI=1S/C13H9BrF2N2O/c14-7-2-1-3-9(4-7)18-13(19)10-5-8(15)6-11(17)12(10)16/h1-6H,17H2,(H,18,19). The second-order valence-corrected chi connectivity index (χ2v) is 4.74. The van der Waals surface area contributed by atoms with Crippen LogP contribution in [0.3, 0.4) is 0 Å². The maximum absolute atomic E-state index is 13.7. The number of benzene rings is 2. The van der Waals surface area contributed by atoms with Crippen molar-refractivity contribution in [2.75, 3.05) is 11.1 Å². The Labute approximate surface area is 116 Å². The molecule has 0 aliphatic rings. The molecule has 3 nitrogen and oxygen atoms in total. The average molecular weight is 327 g/mol. The zero-order valence-electron chi connectivity index (χ0n) is 9.58. The smallest absolute Gasteiger partial charge is 0.258 e. The summed E-state index contributed by atoms with van der Waals surface area (Å²) in [5, 5.41) is 2.46. The van der Waals surface area contributed by atoms with Crippen molar-refractivity contribution in [3.05, 3.63) is 58.1 Å². The number of anilines is 2. The van der Waals surface area contributed by atoms with Crippen LogP contribution in [0.1, 0.15) is 10.4 Å². The lowest BCUT2D eigenvalue weighted by Crippen LogP contribution is -2.15. The minimum Gasteiger partial charge on any atom is -0.396 e. The first-order valence-corrected chi connectivity index (χ1v) is 6.08. The molecule has 2 rings (SSSR count). The number of carbonyl (C=O) groups is 1. The van der Waals surface area contributed by atoms with E-state index in [0.29, 0.717) is 5.69 Å². The van der Waals surface area contributed by atoms with Gasteiger partial charge in [0.2, 0.25) is 0 Å². The van der Waals surface area contributed by atoms with Gasteiger partial charge in [-0.15, -0.1) is 0 Å². The predicted molar refractivity (Wildman–Crippen MR) is 72.9 cm³/mol. The number of nitrogen functional groups attached to an aromatic ring is 1. The Morgan fingerprint density at radius 1 is 1.21 bits per heavy atom. The zero-order valence-corrected chi connectivity index (χ0v) is 11.2. The molecule has 1 amide bonds. The second kappa shape index (κ2) is 5.36. The normalized spacial score (nSPS) is 10.3. The third kappa shape index (κ3) is 3.08. The van der Waals surface area contributed by atoms with Gasteiger partial charge >= 0.3 is 0 Å². The van der Waals surface area contributed by atoms with Gasteiger partial charge < -0.3 is 11.1 Å². The van der Waals surface area contributed by atoms with Gasteiger partial charge in [0.1, 0.15) is 5.82 Å². The molecule has 0 aliphatic carbocycles. The van der Waals surface area contributed by atoms with Crippen LogP contribution >= 0.6 is 15.9 Å². The molecule has 6 heteroatoms. The van der Waals surface area contributed by atoms with E-state index in [4.69, 9.17) is 5.73 Å². The van der Waals surface area contributed by atoms with Crippen LogP contribution in [-0.2, 0) is 0 Å². The van der Waals surface area contributed by atoms with Crippen LogP contribution in [0, 0.1) is 11.6 Å². The molecule has 0 aromatic heterocycles. The van der Waals surface area contributed by atoms with Crippen molar-refractivity contribution in [3.8, 4) is 0 Å². The van der Waals surface area contributed by atoms with E-state index in [-0.39, 0.29) is 0 Å². The van der Waals surface area contributed by atoms with Gasteiger partial charge in [-0.05, 0) is 30.3 Å². The van der Waals surface area contributed by atoms with Crippen LogP contribution < -0.4 is 11.1 Å². The number of carbonyl (C=O) groups excluding carboxylic acids is 1. The van der Waals surface area contributed by atoms with E-state index in [1.807, 2.05) is 0 Å². The Bertz CT molecular complexity index is 647. The Morgan fingerprint density at radius 2 is 1.95 bits per heavy atom. The van der Waals surface area contributed by atoms with E-state index in [2.05, 4.69) is 21.2 Å². The number of hydrogen-bond acceptors (Lipinski definition) is 2. The summed E-state index contributed by atoms with van der Waals surface area (Å²) in [5.74, 6) is -2.46. The number of hydrogen-bond donors (Lipinski definition) is 2. The van der Waals surface area contributed by atoms with Crippen LogP contribution in [0.5, 0.6) is 0 Å². The van der Waals surface area contributed by atoms with Crippen molar-refractivity contribution in [2.45, 2.75) is 0 Å². The monoisotopic (exact) mass is 326 g/mol. The highest BCUT2D eigenvalue weighted by Crippen LogP contribution is 2.20. The maximum atomic E-state index is 13.7. The molecule has 0 radical (unpaired) electrons. The third-order valence-electron chi connectivity index (χ3n) is 2.39. The number of nitrogens with one attached hydrogen (secondary N) is 1. The molecule has 3 N–H and O–H groups in total. The molecule has 0 heterocycles. The van der Waals surface area contributed by atoms with Gasteiger partial charge in [-0.2, -0.15) is 0 Å². The van der Waals surface area contributed by atoms with Gasteiger partial charge in [-0.25, -0.2) is 8.78 Å². The summed E-state index contributed by atoms with van der Waals surface area (Å²) in [7, 11) is 0. The van der Waals surface area contributed by atoms with Crippen LogP contribution in [0.4, 0.5) is 20.2 Å². The van der Waals surface area contributed by atoms with Gasteiger partial charge in [-0.3, -0.25) is 4.79 Å². The number of halogens is 3. The minimum atomic E-state index is -0.936. The molecule has 0 bridgehead atoms. The van der Waals surface area contributed by atoms with Crippen molar-refractivity contribution in [3.63, 3.8) is 0 Å². The van der Waals surface area contributed by atoms with Crippen LogP contribution in [-0.4, -0.2) is 5.91 Å².